The number of nitrogens with zero attached hydrogens (tertiary/aromatic N) is 2. The molecule has 0 N–H and O–H groups in total. The van der Waals surface area contributed by atoms with Gasteiger partial charge >= 0.3 is 6.18 Å². The summed E-state index contributed by atoms with van der Waals surface area (Å²) in [6.07, 6.45) is -4.57. The first-order valence-electron chi connectivity index (χ1n) is 3.97. The first-order valence-corrected chi connectivity index (χ1v) is 6.93. The smallest absolute Gasteiger partial charge is 0.221 e. The van der Waals surface area contributed by atoms with Crippen LogP contribution in [0.2, 0.25) is 0 Å². The molecular formula is C6H6ClF3N2O2S2. The zero-order valence-electron chi connectivity index (χ0n) is 7.66. The number of hydrogen-bond acceptors (Lipinski definition) is 5. The van der Waals surface area contributed by atoms with Gasteiger partial charge in [0.1, 0.15) is 0 Å². The van der Waals surface area contributed by atoms with Gasteiger partial charge in [-0.2, -0.15) is 22.5 Å². The maximum Gasteiger partial charge on any atom is 0.452 e. The van der Waals surface area contributed by atoms with Gasteiger partial charge in [0.2, 0.25) is 20.0 Å². The lowest BCUT2D eigenvalue weighted by Crippen LogP contribution is -2.10. The van der Waals surface area contributed by atoms with E-state index in [1.807, 2.05) is 0 Å². The monoisotopic (exact) mass is 294 g/mol. The molecule has 0 aliphatic heterocycles. The largest absolute Gasteiger partial charge is 0.452 e. The third kappa shape index (κ3) is 3.29. The average Bonchev–Trinajstić information content (AvgIpc) is 2.63. The summed E-state index contributed by atoms with van der Waals surface area (Å²) in [6.45, 7) is 0. The molecule has 0 aliphatic rings. The number of rotatable bonds is 4. The minimum absolute atomic E-state index is 0.115. The molecular weight excluding hydrogens is 289 g/mol. The highest BCUT2D eigenvalue weighted by Gasteiger charge is 2.37. The molecule has 4 nitrogen and oxygen atoms in total. The summed E-state index contributed by atoms with van der Waals surface area (Å²) in [5.74, 6) is -1.64. The van der Waals surface area contributed by atoms with Crippen LogP contribution in [0.25, 0.3) is 0 Å². The zero-order valence-corrected chi connectivity index (χ0v) is 10.0. The highest BCUT2D eigenvalue weighted by molar-refractivity contribution is 7.93. The van der Waals surface area contributed by atoms with Crippen molar-refractivity contribution in [2.45, 2.75) is 16.9 Å². The van der Waals surface area contributed by atoms with Gasteiger partial charge in [0, 0.05) is 5.88 Å². The van der Waals surface area contributed by atoms with Crippen molar-refractivity contribution in [1.29, 1.82) is 0 Å². The van der Waals surface area contributed by atoms with E-state index in [-0.39, 0.29) is 29.6 Å². The highest BCUT2D eigenvalue weighted by atomic mass is 35.5. The molecule has 1 aromatic rings. The van der Waals surface area contributed by atoms with E-state index in [0.717, 1.165) is 0 Å². The van der Waals surface area contributed by atoms with Gasteiger partial charge in [-0.05, 0) is 18.0 Å². The van der Waals surface area contributed by atoms with Crippen LogP contribution in [0.3, 0.4) is 0 Å². The van der Waals surface area contributed by atoms with Crippen molar-refractivity contribution >= 4 is 33.0 Å². The number of sulfone groups is 1. The van der Waals surface area contributed by atoms with E-state index in [2.05, 4.69) is 9.36 Å². The van der Waals surface area contributed by atoms with Crippen LogP contribution in [0.5, 0.6) is 0 Å². The molecule has 1 heterocycles. The van der Waals surface area contributed by atoms with Crippen molar-refractivity contribution in [2.75, 3.05) is 11.6 Å². The van der Waals surface area contributed by atoms with Crippen LogP contribution < -0.4 is 0 Å². The average molecular weight is 295 g/mol. The van der Waals surface area contributed by atoms with Crippen LogP contribution in [0, 0.1) is 0 Å². The van der Waals surface area contributed by atoms with E-state index in [4.69, 9.17) is 11.6 Å². The molecule has 0 aliphatic carbocycles. The van der Waals surface area contributed by atoms with Gasteiger partial charge in [-0.1, -0.05) is 0 Å². The molecule has 0 fully saturated rings. The first kappa shape index (κ1) is 13.7. The van der Waals surface area contributed by atoms with E-state index >= 15 is 0 Å². The van der Waals surface area contributed by atoms with Crippen molar-refractivity contribution in [2.24, 2.45) is 0 Å². The molecule has 0 saturated carbocycles. The third-order valence-corrected chi connectivity index (χ3v) is 4.69. The minimum Gasteiger partial charge on any atom is -0.221 e. The van der Waals surface area contributed by atoms with Crippen molar-refractivity contribution in [1.82, 2.24) is 9.36 Å². The van der Waals surface area contributed by atoms with E-state index in [9.17, 15) is 21.6 Å². The van der Waals surface area contributed by atoms with E-state index in [0.29, 0.717) is 0 Å². The Morgan fingerprint density at radius 3 is 2.44 bits per heavy atom. The number of halogens is 4. The predicted octanol–water partition coefficient (Wildman–Crippen LogP) is 1.96. The summed E-state index contributed by atoms with van der Waals surface area (Å²) in [6, 6.07) is 0. The molecule has 0 spiro atoms. The highest BCUT2D eigenvalue weighted by Crippen LogP contribution is 2.29. The molecule has 10 heteroatoms. The lowest BCUT2D eigenvalue weighted by molar-refractivity contribution is -0.144. The van der Waals surface area contributed by atoms with Crippen LogP contribution in [0.15, 0.2) is 4.34 Å². The van der Waals surface area contributed by atoms with Crippen LogP contribution >= 0.6 is 23.1 Å². The Labute approximate surface area is 98.5 Å². The van der Waals surface area contributed by atoms with E-state index in [1.54, 1.807) is 0 Å². The SMILES string of the molecule is O=S(=O)(CCCCl)c1nc(C(F)(F)F)ns1. The number of aromatic nitrogens is 2. The summed E-state index contributed by atoms with van der Waals surface area (Å²) >= 11 is 5.52. The molecule has 0 aromatic carbocycles. The maximum absolute atomic E-state index is 12.1. The summed E-state index contributed by atoms with van der Waals surface area (Å²) < 4.78 is 61.5. The number of hydrogen-bond donors (Lipinski definition) is 0. The van der Waals surface area contributed by atoms with Crippen LogP contribution in [0.1, 0.15) is 12.2 Å². The topological polar surface area (TPSA) is 59.9 Å². The Balaban J connectivity index is 2.94. The van der Waals surface area contributed by atoms with Gasteiger partial charge < -0.3 is 0 Å². The lowest BCUT2D eigenvalue weighted by atomic mass is 10.6. The third-order valence-electron chi connectivity index (χ3n) is 1.47. The summed E-state index contributed by atoms with van der Waals surface area (Å²) in [5.41, 5.74) is 0. The van der Waals surface area contributed by atoms with Gasteiger partial charge in [0.15, 0.2) is 0 Å². The fourth-order valence-corrected chi connectivity index (χ4v) is 3.25. The lowest BCUT2D eigenvalue weighted by Gasteiger charge is -1.98. The maximum atomic E-state index is 12.1. The van der Waals surface area contributed by atoms with Gasteiger partial charge in [-0.25, -0.2) is 8.42 Å². The Bertz CT molecular complexity index is 457. The number of alkyl halides is 4. The molecule has 0 atom stereocenters. The molecule has 0 saturated heterocycles. The Morgan fingerprint density at radius 1 is 1.38 bits per heavy atom. The minimum atomic E-state index is -4.73. The molecule has 1 rings (SSSR count). The Hall–Kier alpha value is -0.410. The summed E-state index contributed by atoms with van der Waals surface area (Å²) in [5, 5.41) is 0. The molecule has 0 unspecified atom stereocenters. The van der Waals surface area contributed by atoms with E-state index < -0.39 is 26.2 Å². The Kier molecular flexibility index (Phi) is 4.13. The van der Waals surface area contributed by atoms with Gasteiger partial charge in [0.25, 0.3) is 0 Å². The summed E-state index contributed by atoms with van der Waals surface area (Å²) in [7, 11) is -3.80. The normalized spacial score (nSPS) is 13.0. The quantitative estimate of drug-likeness (QED) is 0.797. The second-order valence-electron chi connectivity index (χ2n) is 2.74. The zero-order chi connectivity index (χ0) is 12.4. The molecule has 1 aromatic heterocycles. The van der Waals surface area contributed by atoms with Crippen LogP contribution in [0.4, 0.5) is 13.2 Å². The van der Waals surface area contributed by atoms with Crippen molar-refractivity contribution in [3.63, 3.8) is 0 Å². The first-order chi connectivity index (χ1) is 7.27. The second-order valence-corrected chi connectivity index (χ2v) is 6.16. The fraction of sp³-hybridized carbons (Fsp3) is 0.667. The van der Waals surface area contributed by atoms with Crippen molar-refractivity contribution < 1.29 is 21.6 Å². The second kappa shape index (κ2) is 4.84. The fourth-order valence-electron chi connectivity index (χ4n) is 0.783. The van der Waals surface area contributed by atoms with Gasteiger partial charge in [-0.15, -0.1) is 11.6 Å². The molecule has 0 radical (unpaired) electrons. The van der Waals surface area contributed by atoms with Gasteiger partial charge in [-0.3, -0.25) is 0 Å². The van der Waals surface area contributed by atoms with E-state index in [1.165, 1.54) is 0 Å². The van der Waals surface area contributed by atoms with Gasteiger partial charge in [0.05, 0.1) is 5.75 Å². The Morgan fingerprint density at radius 2 is 2.00 bits per heavy atom. The molecule has 0 amide bonds. The van der Waals surface area contributed by atoms with Crippen molar-refractivity contribution in [3.8, 4) is 0 Å². The molecule has 92 valence electrons. The van der Waals surface area contributed by atoms with Crippen molar-refractivity contribution in [3.05, 3.63) is 5.82 Å². The van der Waals surface area contributed by atoms with Crippen LogP contribution in [-0.4, -0.2) is 29.4 Å². The predicted molar refractivity (Wildman–Crippen MR) is 52.3 cm³/mol. The molecule has 0 bridgehead atoms. The molecule has 16 heavy (non-hydrogen) atoms. The summed E-state index contributed by atoms with van der Waals surface area (Å²) in [4.78, 5) is 2.96. The standard InChI is InChI=1S/C6H6ClF3N2O2S2/c7-2-1-3-16(13,14)5-11-4(12-15-5)6(8,9)10/h1-3H2. The van der Waals surface area contributed by atoms with Crippen LogP contribution in [-0.2, 0) is 16.0 Å².